The van der Waals surface area contributed by atoms with E-state index >= 15 is 0 Å². The van der Waals surface area contributed by atoms with E-state index in [0.29, 0.717) is 11.4 Å². The summed E-state index contributed by atoms with van der Waals surface area (Å²) in [6, 6.07) is 12.9. The zero-order valence-corrected chi connectivity index (χ0v) is 15.7. The highest BCUT2D eigenvalue weighted by atomic mass is 79.9. The summed E-state index contributed by atoms with van der Waals surface area (Å²) >= 11 is 8.19. The SMILES string of the molecule is COc1cc(Br)cc(Br)c1NCSNC(=O)c1ccccc1. The topological polar surface area (TPSA) is 50.4 Å². The molecule has 0 aliphatic heterocycles. The number of hydrogen-bond acceptors (Lipinski definition) is 4. The Labute approximate surface area is 150 Å². The molecule has 0 radical (unpaired) electrons. The van der Waals surface area contributed by atoms with Crippen LogP contribution in [0, 0.1) is 0 Å². The van der Waals surface area contributed by atoms with Crippen LogP contribution >= 0.6 is 43.8 Å². The third kappa shape index (κ3) is 4.66. The lowest BCUT2D eigenvalue weighted by molar-refractivity contribution is 0.0984. The maximum atomic E-state index is 11.9. The summed E-state index contributed by atoms with van der Waals surface area (Å²) in [5, 5.41) is 3.22. The zero-order valence-electron chi connectivity index (χ0n) is 11.7. The van der Waals surface area contributed by atoms with Crippen LogP contribution in [-0.2, 0) is 0 Å². The van der Waals surface area contributed by atoms with Gasteiger partial charge in [-0.25, -0.2) is 0 Å². The van der Waals surface area contributed by atoms with Crippen molar-refractivity contribution in [2.75, 3.05) is 18.3 Å². The monoisotopic (exact) mass is 444 g/mol. The van der Waals surface area contributed by atoms with Crippen molar-refractivity contribution >= 4 is 55.4 Å². The van der Waals surface area contributed by atoms with Gasteiger partial charge in [0.25, 0.3) is 5.91 Å². The number of methoxy groups -OCH3 is 1. The standard InChI is InChI=1S/C15H14Br2N2O2S/c1-21-13-8-11(16)7-12(17)14(13)18-9-22-19-15(20)10-5-3-2-4-6-10/h2-8,18H,9H2,1H3,(H,19,20). The Hall–Kier alpha value is -1.18. The van der Waals surface area contributed by atoms with E-state index in [1.165, 1.54) is 11.9 Å². The van der Waals surface area contributed by atoms with Crippen LogP contribution in [0.2, 0.25) is 0 Å². The Bertz CT molecular complexity index is 653. The zero-order chi connectivity index (χ0) is 15.9. The van der Waals surface area contributed by atoms with Crippen LogP contribution in [0.4, 0.5) is 5.69 Å². The predicted molar refractivity (Wildman–Crippen MR) is 98.4 cm³/mol. The number of halogens is 2. The summed E-state index contributed by atoms with van der Waals surface area (Å²) in [6.45, 7) is 0. The Morgan fingerprint density at radius 3 is 2.64 bits per heavy atom. The number of carbonyl (C=O) groups excluding carboxylic acids is 1. The fraction of sp³-hybridized carbons (Fsp3) is 0.133. The lowest BCUT2D eigenvalue weighted by atomic mass is 10.2. The molecule has 0 atom stereocenters. The molecule has 0 fully saturated rings. The van der Waals surface area contributed by atoms with Gasteiger partial charge in [0, 0.05) is 14.5 Å². The van der Waals surface area contributed by atoms with E-state index in [0.717, 1.165) is 20.4 Å². The van der Waals surface area contributed by atoms with Gasteiger partial charge < -0.3 is 10.1 Å². The molecule has 7 heteroatoms. The van der Waals surface area contributed by atoms with Crippen molar-refractivity contribution in [3.05, 3.63) is 57.0 Å². The minimum absolute atomic E-state index is 0.116. The molecular weight excluding hydrogens is 432 g/mol. The average Bonchev–Trinajstić information content (AvgIpc) is 2.53. The van der Waals surface area contributed by atoms with Gasteiger partial charge in [-0.3, -0.25) is 9.52 Å². The summed E-state index contributed by atoms with van der Waals surface area (Å²) in [5.74, 6) is 1.11. The molecule has 2 rings (SSSR count). The average molecular weight is 446 g/mol. The maximum Gasteiger partial charge on any atom is 0.261 e. The number of carbonyl (C=O) groups is 1. The summed E-state index contributed by atoms with van der Waals surface area (Å²) < 4.78 is 9.93. The quantitative estimate of drug-likeness (QED) is 0.385. The van der Waals surface area contributed by atoms with Gasteiger partial charge in [0.2, 0.25) is 0 Å². The minimum atomic E-state index is -0.116. The molecule has 1 amide bonds. The predicted octanol–water partition coefficient (Wildman–Crippen LogP) is 4.67. The fourth-order valence-corrected chi connectivity index (χ4v) is 3.60. The molecule has 116 valence electrons. The van der Waals surface area contributed by atoms with Crippen molar-refractivity contribution < 1.29 is 9.53 Å². The lowest BCUT2D eigenvalue weighted by Crippen LogP contribution is -2.18. The van der Waals surface area contributed by atoms with Gasteiger partial charge in [-0.2, -0.15) is 0 Å². The number of anilines is 1. The number of amides is 1. The van der Waals surface area contributed by atoms with Crippen molar-refractivity contribution in [1.82, 2.24) is 4.72 Å². The van der Waals surface area contributed by atoms with E-state index in [-0.39, 0.29) is 5.91 Å². The summed E-state index contributed by atoms with van der Waals surface area (Å²) in [6.07, 6.45) is 0. The highest BCUT2D eigenvalue weighted by molar-refractivity contribution is 9.11. The molecule has 2 N–H and O–H groups in total. The Morgan fingerprint density at radius 1 is 1.23 bits per heavy atom. The minimum Gasteiger partial charge on any atom is -0.495 e. The molecule has 0 aliphatic rings. The second-order valence-corrected chi connectivity index (χ2v) is 6.78. The molecule has 0 spiro atoms. The molecule has 0 bridgehead atoms. The van der Waals surface area contributed by atoms with Gasteiger partial charge >= 0.3 is 0 Å². The molecule has 0 aromatic heterocycles. The van der Waals surface area contributed by atoms with Crippen LogP contribution in [0.15, 0.2) is 51.4 Å². The normalized spacial score (nSPS) is 10.1. The second-order valence-electron chi connectivity index (χ2n) is 4.23. The molecule has 0 heterocycles. The molecule has 2 aromatic carbocycles. The van der Waals surface area contributed by atoms with Crippen molar-refractivity contribution in [3.63, 3.8) is 0 Å². The van der Waals surface area contributed by atoms with Crippen molar-refractivity contribution in [3.8, 4) is 5.75 Å². The molecule has 22 heavy (non-hydrogen) atoms. The number of benzene rings is 2. The van der Waals surface area contributed by atoms with E-state index in [4.69, 9.17) is 4.74 Å². The van der Waals surface area contributed by atoms with E-state index < -0.39 is 0 Å². The van der Waals surface area contributed by atoms with E-state index in [9.17, 15) is 4.79 Å². The molecule has 0 aliphatic carbocycles. The first kappa shape index (κ1) is 17.2. The number of rotatable bonds is 6. The molecule has 0 unspecified atom stereocenters. The molecule has 0 saturated carbocycles. The third-order valence-corrected chi connectivity index (χ3v) is 4.46. The van der Waals surface area contributed by atoms with Crippen LogP contribution in [0.25, 0.3) is 0 Å². The van der Waals surface area contributed by atoms with Crippen molar-refractivity contribution in [2.24, 2.45) is 0 Å². The molecule has 0 saturated heterocycles. The first-order valence-corrected chi connectivity index (χ1v) is 8.93. The maximum absolute atomic E-state index is 11.9. The van der Waals surface area contributed by atoms with Crippen LogP contribution in [-0.4, -0.2) is 18.9 Å². The van der Waals surface area contributed by atoms with Gasteiger partial charge in [-0.1, -0.05) is 34.1 Å². The smallest absolute Gasteiger partial charge is 0.261 e. The first-order chi connectivity index (χ1) is 10.6. The third-order valence-electron chi connectivity index (χ3n) is 2.76. The highest BCUT2D eigenvalue weighted by Gasteiger charge is 2.09. The van der Waals surface area contributed by atoms with E-state index in [2.05, 4.69) is 41.9 Å². The molecule has 2 aromatic rings. The number of ether oxygens (including phenoxy) is 1. The highest BCUT2D eigenvalue weighted by Crippen LogP contribution is 2.36. The van der Waals surface area contributed by atoms with Crippen LogP contribution in [0.5, 0.6) is 5.75 Å². The van der Waals surface area contributed by atoms with E-state index in [1.807, 2.05) is 30.3 Å². The summed E-state index contributed by atoms with van der Waals surface area (Å²) in [4.78, 5) is 11.9. The molecule has 4 nitrogen and oxygen atoms in total. The van der Waals surface area contributed by atoms with Crippen LogP contribution < -0.4 is 14.8 Å². The summed E-state index contributed by atoms with van der Waals surface area (Å²) in [5.41, 5.74) is 1.48. The van der Waals surface area contributed by atoms with Crippen LogP contribution in [0.1, 0.15) is 10.4 Å². The number of hydrogen-bond donors (Lipinski definition) is 2. The van der Waals surface area contributed by atoms with Crippen molar-refractivity contribution in [2.45, 2.75) is 0 Å². The summed E-state index contributed by atoms with van der Waals surface area (Å²) in [7, 11) is 1.61. The largest absolute Gasteiger partial charge is 0.495 e. The van der Waals surface area contributed by atoms with Gasteiger partial charge in [0.1, 0.15) is 5.75 Å². The van der Waals surface area contributed by atoms with Gasteiger partial charge in [-0.15, -0.1) is 0 Å². The second kappa shape index (κ2) is 8.45. The Morgan fingerprint density at radius 2 is 1.95 bits per heavy atom. The van der Waals surface area contributed by atoms with Crippen molar-refractivity contribution in [1.29, 1.82) is 0 Å². The fourth-order valence-electron chi connectivity index (χ4n) is 1.74. The first-order valence-electron chi connectivity index (χ1n) is 6.36. The van der Waals surface area contributed by atoms with Crippen LogP contribution in [0.3, 0.4) is 0 Å². The van der Waals surface area contributed by atoms with Gasteiger partial charge in [-0.05, 0) is 52.1 Å². The van der Waals surface area contributed by atoms with Gasteiger partial charge in [0.05, 0.1) is 18.7 Å². The number of nitrogens with one attached hydrogen (secondary N) is 2. The Kier molecular flexibility index (Phi) is 6.60. The van der Waals surface area contributed by atoms with E-state index in [1.54, 1.807) is 19.2 Å². The Balaban J connectivity index is 1.88. The van der Waals surface area contributed by atoms with Gasteiger partial charge in [0.15, 0.2) is 0 Å². The lowest BCUT2D eigenvalue weighted by Gasteiger charge is -2.13. The molecular formula is C15H14Br2N2O2S.